The van der Waals surface area contributed by atoms with Gasteiger partial charge in [0.2, 0.25) is 0 Å². The smallest absolute Gasteiger partial charge is 0.274 e. The maximum Gasteiger partial charge on any atom is 0.274 e. The van der Waals surface area contributed by atoms with Crippen LogP contribution >= 0.6 is 24.2 Å². The van der Waals surface area contributed by atoms with Crippen molar-refractivity contribution in [3.8, 4) is 0 Å². The highest BCUT2D eigenvalue weighted by Gasteiger charge is 2.39. The molecule has 120 valence electrons. The Bertz CT molecular complexity index is 668. The predicted molar refractivity (Wildman–Crippen MR) is 93.9 cm³/mol. The van der Waals surface area contributed by atoms with Crippen LogP contribution in [0.2, 0.25) is 0 Å². The number of anilines is 1. The van der Waals surface area contributed by atoms with E-state index in [1.807, 2.05) is 27.7 Å². The van der Waals surface area contributed by atoms with Crippen LogP contribution in [0.25, 0.3) is 0 Å². The summed E-state index contributed by atoms with van der Waals surface area (Å²) in [5.41, 5.74) is 2.86. The first-order valence-electron chi connectivity index (χ1n) is 7.13. The third-order valence-electron chi connectivity index (χ3n) is 3.85. The van der Waals surface area contributed by atoms with Crippen molar-refractivity contribution in [3.63, 3.8) is 0 Å². The summed E-state index contributed by atoms with van der Waals surface area (Å²) in [5, 5.41) is 12.5. The van der Waals surface area contributed by atoms with Crippen LogP contribution in [0, 0.1) is 17.0 Å². The Morgan fingerprint density at radius 2 is 2.09 bits per heavy atom. The van der Waals surface area contributed by atoms with Gasteiger partial charge in [-0.25, -0.2) is 0 Å². The van der Waals surface area contributed by atoms with E-state index in [-0.39, 0.29) is 28.4 Å². The fourth-order valence-corrected chi connectivity index (χ4v) is 4.55. The van der Waals surface area contributed by atoms with E-state index in [2.05, 4.69) is 9.89 Å². The summed E-state index contributed by atoms with van der Waals surface area (Å²) < 4.78 is 0. The van der Waals surface area contributed by atoms with Crippen molar-refractivity contribution >= 4 is 40.7 Å². The van der Waals surface area contributed by atoms with Crippen LogP contribution in [0.1, 0.15) is 38.3 Å². The lowest BCUT2D eigenvalue weighted by molar-refractivity contribution is -0.386. The Morgan fingerprint density at radius 3 is 2.68 bits per heavy atom. The van der Waals surface area contributed by atoms with Crippen molar-refractivity contribution in [1.29, 1.82) is 0 Å². The molecule has 0 radical (unpaired) electrons. The number of nitro groups is 1. The van der Waals surface area contributed by atoms with Gasteiger partial charge in [-0.2, -0.15) is 0 Å². The number of aliphatic imine (C=N–C) groups is 1. The summed E-state index contributed by atoms with van der Waals surface area (Å²) in [6.45, 7) is 9.84. The Morgan fingerprint density at radius 1 is 1.41 bits per heavy atom. The van der Waals surface area contributed by atoms with Gasteiger partial charge in [-0.15, -0.1) is 12.4 Å². The molecule has 0 bridgehead atoms. The number of hydrogen-bond acceptors (Lipinski definition) is 5. The fourth-order valence-electron chi connectivity index (χ4n) is 3.03. The molecular formula is C15H20ClN3O2S. The molecule has 0 atom stereocenters. The highest BCUT2D eigenvalue weighted by molar-refractivity contribution is 8.14. The summed E-state index contributed by atoms with van der Waals surface area (Å²) in [6.07, 6.45) is 1.03. The van der Waals surface area contributed by atoms with E-state index in [0.717, 1.165) is 46.4 Å². The maximum absolute atomic E-state index is 11.5. The number of rotatable bonds is 1. The normalized spacial score (nSPS) is 16.5. The van der Waals surface area contributed by atoms with E-state index in [1.54, 1.807) is 17.8 Å². The van der Waals surface area contributed by atoms with Crippen molar-refractivity contribution in [2.24, 2.45) is 4.99 Å². The molecule has 0 unspecified atom stereocenters. The molecule has 0 spiro atoms. The van der Waals surface area contributed by atoms with Gasteiger partial charge < -0.3 is 4.90 Å². The van der Waals surface area contributed by atoms with Gasteiger partial charge in [-0.3, -0.25) is 15.1 Å². The van der Waals surface area contributed by atoms with Crippen LogP contribution in [0.5, 0.6) is 0 Å². The Labute approximate surface area is 140 Å². The number of thioether (sulfide) groups is 1. The molecule has 2 aliphatic heterocycles. The molecule has 1 aromatic carbocycles. The first kappa shape index (κ1) is 17.1. The molecule has 0 aromatic heterocycles. The fraction of sp³-hybridized carbons (Fsp3) is 0.533. The summed E-state index contributed by atoms with van der Waals surface area (Å²) in [5.74, 6) is 0. The lowest BCUT2D eigenvalue weighted by atomic mass is 9.84. The first-order chi connectivity index (χ1) is 9.80. The van der Waals surface area contributed by atoms with E-state index in [4.69, 9.17) is 0 Å². The van der Waals surface area contributed by atoms with E-state index >= 15 is 0 Å². The number of benzene rings is 1. The number of hydrogen-bond donors (Lipinski definition) is 0. The van der Waals surface area contributed by atoms with Crippen molar-refractivity contribution < 1.29 is 4.92 Å². The maximum atomic E-state index is 11.5. The second-order valence-corrected chi connectivity index (χ2v) is 7.52. The Hall–Kier alpha value is -1.27. The zero-order valence-corrected chi connectivity index (χ0v) is 14.8. The van der Waals surface area contributed by atoms with Crippen LogP contribution in [-0.4, -0.2) is 23.2 Å². The summed E-state index contributed by atoms with van der Waals surface area (Å²) in [4.78, 5) is 19.1. The van der Waals surface area contributed by atoms with Gasteiger partial charge in [-0.05, 0) is 36.1 Å². The Kier molecular flexibility index (Phi) is 4.46. The van der Waals surface area contributed by atoms with Gasteiger partial charge in [-0.1, -0.05) is 20.8 Å². The van der Waals surface area contributed by atoms with E-state index in [9.17, 15) is 10.1 Å². The van der Waals surface area contributed by atoms with Crippen molar-refractivity contribution in [1.82, 2.24) is 0 Å². The molecular weight excluding hydrogens is 322 g/mol. The largest absolute Gasteiger partial charge is 0.320 e. The Balaban J connectivity index is 0.00000176. The molecule has 3 rings (SSSR count). The topological polar surface area (TPSA) is 58.7 Å². The summed E-state index contributed by atoms with van der Waals surface area (Å²) in [7, 11) is 0. The molecule has 2 heterocycles. The average Bonchev–Trinajstić information content (AvgIpc) is 2.75. The minimum absolute atomic E-state index is 0. The van der Waals surface area contributed by atoms with E-state index in [1.165, 1.54) is 0 Å². The standard InChI is InChI=1S/C15H19N3O2S.ClH/c1-9-8-10(18(19)20)11(15(2,3)4)13-12(9)17-7-5-6-16-14(17)21-13;/h8H,5-7H2,1-4H3;1H. The zero-order valence-electron chi connectivity index (χ0n) is 13.2. The zero-order chi connectivity index (χ0) is 15.4. The number of nitrogens with zero attached hydrogens (tertiary/aromatic N) is 3. The number of aryl methyl sites for hydroxylation is 1. The minimum Gasteiger partial charge on any atom is -0.320 e. The molecule has 22 heavy (non-hydrogen) atoms. The van der Waals surface area contributed by atoms with Crippen LogP contribution in [0.3, 0.4) is 0 Å². The SMILES string of the molecule is Cc1cc([N+](=O)[O-])c(C(C)(C)C)c2c1N1CCCN=C1S2.Cl. The van der Waals surface area contributed by atoms with Crippen molar-refractivity contribution in [2.45, 2.75) is 44.4 Å². The van der Waals surface area contributed by atoms with Gasteiger partial charge in [0.25, 0.3) is 5.69 Å². The molecule has 0 aliphatic carbocycles. The molecule has 7 heteroatoms. The highest BCUT2D eigenvalue weighted by Crippen LogP contribution is 2.51. The van der Waals surface area contributed by atoms with E-state index in [0.29, 0.717) is 0 Å². The van der Waals surface area contributed by atoms with Crippen LogP contribution in [-0.2, 0) is 5.41 Å². The third kappa shape index (κ3) is 2.58. The second-order valence-electron chi connectivity index (χ2n) is 6.54. The third-order valence-corrected chi connectivity index (χ3v) is 4.99. The molecule has 0 saturated heterocycles. The average molecular weight is 342 g/mol. The van der Waals surface area contributed by atoms with Gasteiger partial charge >= 0.3 is 0 Å². The quantitative estimate of drug-likeness (QED) is 0.564. The lowest BCUT2D eigenvalue weighted by Crippen LogP contribution is -2.30. The number of nitro benzene ring substituents is 1. The van der Waals surface area contributed by atoms with Gasteiger partial charge in [0.05, 0.1) is 16.2 Å². The summed E-state index contributed by atoms with van der Waals surface area (Å²) >= 11 is 1.59. The molecule has 1 aromatic rings. The van der Waals surface area contributed by atoms with Gasteiger partial charge in [0, 0.05) is 24.1 Å². The molecule has 0 fully saturated rings. The molecule has 0 saturated carbocycles. The minimum atomic E-state index is -0.275. The molecule has 0 amide bonds. The molecule has 2 aliphatic rings. The second kappa shape index (κ2) is 5.74. The lowest BCUT2D eigenvalue weighted by Gasteiger charge is -2.25. The van der Waals surface area contributed by atoms with Crippen LogP contribution in [0.15, 0.2) is 16.0 Å². The number of halogens is 1. The van der Waals surface area contributed by atoms with Gasteiger partial charge in [0.15, 0.2) is 5.17 Å². The monoisotopic (exact) mass is 341 g/mol. The summed E-state index contributed by atoms with van der Waals surface area (Å²) in [6, 6.07) is 1.72. The van der Waals surface area contributed by atoms with Crippen LogP contribution in [0.4, 0.5) is 11.4 Å². The molecule has 5 nitrogen and oxygen atoms in total. The van der Waals surface area contributed by atoms with E-state index < -0.39 is 0 Å². The highest BCUT2D eigenvalue weighted by atomic mass is 35.5. The van der Waals surface area contributed by atoms with Crippen molar-refractivity contribution in [3.05, 3.63) is 27.3 Å². The number of amidine groups is 1. The first-order valence-corrected chi connectivity index (χ1v) is 7.94. The number of fused-ring (bicyclic) bond motifs is 3. The van der Waals surface area contributed by atoms with Gasteiger partial charge in [0.1, 0.15) is 0 Å². The van der Waals surface area contributed by atoms with Crippen LogP contribution < -0.4 is 4.90 Å². The van der Waals surface area contributed by atoms with Crippen molar-refractivity contribution in [2.75, 3.05) is 18.0 Å². The molecule has 0 N–H and O–H groups in total. The predicted octanol–water partition coefficient (Wildman–Crippen LogP) is 4.29.